The third-order valence-electron chi connectivity index (χ3n) is 5.54. The van der Waals surface area contributed by atoms with Gasteiger partial charge in [-0.25, -0.2) is 9.37 Å². The monoisotopic (exact) mass is 371 g/mol. The zero-order valence-electron chi connectivity index (χ0n) is 15.6. The molecule has 0 saturated carbocycles. The van der Waals surface area contributed by atoms with Gasteiger partial charge in [-0.15, -0.1) is 0 Å². The molecule has 0 spiro atoms. The lowest BCUT2D eigenvalue weighted by molar-refractivity contribution is -0.133. The molecular formula is C21H26FN3O2. The molecule has 2 saturated heterocycles. The van der Waals surface area contributed by atoms with E-state index in [0.717, 1.165) is 43.8 Å². The molecular weight excluding hydrogens is 345 g/mol. The SMILES string of the molecule is O=C(CN1CCCC1)N1CCC[C@@H](c2ncc(Cc3ccc(F)cc3)o2)C1. The summed E-state index contributed by atoms with van der Waals surface area (Å²) in [6.45, 7) is 4.12. The zero-order chi connectivity index (χ0) is 18.6. The van der Waals surface area contributed by atoms with E-state index in [1.54, 1.807) is 18.3 Å². The second-order valence-corrected chi connectivity index (χ2v) is 7.63. The molecule has 1 atom stereocenters. The van der Waals surface area contributed by atoms with Crippen LogP contribution in [-0.4, -0.2) is 53.4 Å². The molecule has 0 N–H and O–H groups in total. The Morgan fingerprint density at radius 3 is 2.70 bits per heavy atom. The highest BCUT2D eigenvalue weighted by atomic mass is 19.1. The predicted molar refractivity (Wildman–Crippen MR) is 99.9 cm³/mol. The summed E-state index contributed by atoms with van der Waals surface area (Å²) >= 11 is 0. The minimum Gasteiger partial charge on any atom is -0.445 e. The quantitative estimate of drug-likeness (QED) is 0.810. The number of nitrogens with zero attached hydrogens (tertiary/aromatic N) is 3. The number of likely N-dealkylation sites (tertiary alicyclic amines) is 2. The van der Waals surface area contributed by atoms with Crippen LogP contribution in [-0.2, 0) is 11.2 Å². The third-order valence-corrected chi connectivity index (χ3v) is 5.54. The molecule has 5 nitrogen and oxygen atoms in total. The number of hydrogen-bond donors (Lipinski definition) is 0. The number of amides is 1. The number of carbonyl (C=O) groups excluding carboxylic acids is 1. The zero-order valence-corrected chi connectivity index (χ0v) is 15.6. The van der Waals surface area contributed by atoms with Crippen molar-refractivity contribution >= 4 is 5.91 Å². The van der Waals surface area contributed by atoms with Crippen LogP contribution in [0, 0.1) is 5.82 Å². The highest BCUT2D eigenvalue weighted by Gasteiger charge is 2.29. The Hall–Kier alpha value is -2.21. The Labute approximate surface area is 159 Å². The van der Waals surface area contributed by atoms with Crippen LogP contribution in [0.1, 0.15) is 48.8 Å². The normalized spacial score (nSPS) is 20.9. The van der Waals surface area contributed by atoms with Crippen LogP contribution in [0.15, 0.2) is 34.9 Å². The average Bonchev–Trinajstić information content (AvgIpc) is 3.36. The second-order valence-electron chi connectivity index (χ2n) is 7.63. The summed E-state index contributed by atoms with van der Waals surface area (Å²) in [4.78, 5) is 21.3. The van der Waals surface area contributed by atoms with Gasteiger partial charge in [0.25, 0.3) is 0 Å². The van der Waals surface area contributed by atoms with E-state index in [0.29, 0.717) is 25.4 Å². The van der Waals surface area contributed by atoms with Crippen molar-refractivity contribution in [2.24, 2.45) is 0 Å². The molecule has 1 aromatic heterocycles. The van der Waals surface area contributed by atoms with Crippen molar-refractivity contribution in [2.75, 3.05) is 32.7 Å². The molecule has 1 aromatic carbocycles. The molecule has 3 heterocycles. The lowest BCUT2D eigenvalue weighted by Gasteiger charge is -2.32. The summed E-state index contributed by atoms with van der Waals surface area (Å²) in [5, 5.41) is 0. The number of halogens is 1. The van der Waals surface area contributed by atoms with Gasteiger partial charge in [-0.2, -0.15) is 0 Å². The van der Waals surface area contributed by atoms with E-state index >= 15 is 0 Å². The Morgan fingerprint density at radius 1 is 1.15 bits per heavy atom. The van der Waals surface area contributed by atoms with Crippen LogP contribution in [0.3, 0.4) is 0 Å². The van der Waals surface area contributed by atoms with Crippen LogP contribution in [0.2, 0.25) is 0 Å². The summed E-state index contributed by atoms with van der Waals surface area (Å²) in [6, 6.07) is 6.43. The van der Waals surface area contributed by atoms with Crippen LogP contribution in [0.5, 0.6) is 0 Å². The Kier molecular flexibility index (Phi) is 5.53. The molecule has 0 aliphatic carbocycles. The summed E-state index contributed by atoms with van der Waals surface area (Å²) < 4.78 is 19.0. The Balaban J connectivity index is 1.36. The third kappa shape index (κ3) is 4.56. The number of carbonyl (C=O) groups is 1. The number of piperidine rings is 1. The predicted octanol–water partition coefficient (Wildman–Crippen LogP) is 3.21. The first-order valence-corrected chi connectivity index (χ1v) is 9.86. The average molecular weight is 371 g/mol. The van der Waals surface area contributed by atoms with Crippen LogP contribution in [0.25, 0.3) is 0 Å². The van der Waals surface area contributed by atoms with E-state index in [1.807, 2.05) is 4.90 Å². The lowest BCUT2D eigenvalue weighted by Crippen LogP contribution is -2.44. The minimum atomic E-state index is -0.238. The van der Waals surface area contributed by atoms with Crippen molar-refractivity contribution in [3.8, 4) is 0 Å². The van der Waals surface area contributed by atoms with Gasteiger partial charge in [-0.1, -0.05) is 12.1 Å². The fraction of sp³-hybridized carbons (Fsp3) is 0.524. The lowest BCUT2D eigenvalue weighted by atomic mass is 9.98. The van der Waals surface area contributed by atoms with Crippen molar-refractivity contribution in [2.45, 2.75) is 38.0 Å². The van der Waals surface area contributed by atoms with Gasteiger partial charge in [-0.05, 0) is 56.5 Å². The fourth-order valence-electron chi connectivity index (χ4n) is 4.03. The summed E-state index contributed by atoms with van der Waals surface area (Å²) in [5.74, 6) is 1.63. The summed E-state index contributed by atoms with van der Waals surface area (Å²) in [5.41, 5.74) is 0.991. The standard InChI is InChI=1S/C21H26FN3O2/c22-18-7-5-16(6-8-18)12-19-13-23-21(27-19)17-4-3-11-25(14-17)20(26)15-24-9-1-2-10-24/h5-8,13,17H,1-4,9-12,14-15H2/t17-/m1/s1. The molecule has 2 fully saturated rings. The molecule has 27 heavy (non-hydrogen) atoms. The number of hydrogen-bond acceptors (Lipinski definition) is 4. The Morgan fingerprint density at radius 2 is 1.93 bits per heavy atom. The van der Waals surface area contributed by atoms with E-state index in [9.17, 15) is 9.18 Å². The first-order valence-electron chi connectivity index (χ1n) is 9.86. The highest BCUT2D eigenvalue weighted by molar-refractivity contribution is 5.78. The minimum absolute atomic E-state index is 0.156. The number of rotatable bonds is 5. The Bertz CT molecular complexity index is 768. The van der Waals surface area contributed by atoms with Gasteiger partial charge < -0.3 is 9.32 Å². The maximum absolute atomic E-state index is 13.0. The number of benzene rings is 1. The topological polar surface area (TPSA) is 49.6 Å². The van der Waals surface area contributed by atoms with Crippen molar-refractivity contribution in [1.29, 1.82) is 0 Å². The van der Waals surface area contributed by atoms with E-state index in [1.165, 1.54) is 25.0 Å². The molecule has 0 bridgehead atoms. The van der Waals surface area contributed by atoms with Crippen molar-refractivity contribution in [3.05, 3.63) is 53.5 Å². The summed E-state index contributed by atoms with van der Waals surface area (Å²) in [6.07, 6.45) is 6.71. The van der Waals surface area contributed by atoms with E-state index < -0.39 is 0 Å². The van der Waals surface area contributed by atoms with Gasteiger partial charge in [0.15, 0.2) is 5.89 Å². The van der Waals surface area contributed by atoms with Gasteiger partial charge in [0.1, 0.15) is 11.6 Å². The van der Waals surface area contributed by atoms with Crippen molar-refractivity contribution < 1.29 is 13.6 Å². The van der Waals surface area contributed by atoms with Crippen molar-refractivity contribution in [1.82, 2.24) is 14.8 Å². The van der Waals surface area contributed by atoms with E-state index in [4.69, 9.17) is 4.42 Å². The van der Waals surface area contributed by atoms with Crippen LogP contribution < -0.4 is 0 Å². The highest BCUT2D eigenvalue weighted by Crippen LogP contribution is 2.27. The van der Waals surface area contributed by atoms with Crippen molar-refractivity contribution in [3.63, 3.8) is 0 Å². The molecule has 2 aliphatic heterocycles. The van der Waals surface area contributed by atoms with Gasteiger partial charge in [0.2, 0.25) is 5.91 Å². The number of aromatic nitrogens is 1. The van der Waals surface area contributed by atoms with Gasteiger partial charge in [-0.3, -0.25) is 9.69 Å². The van der Waals surface area contributed by atoms with Gasteiger partial charge in [0.05, 0.1) is 18.7 Å². The molecule has 2 aromatic rings. The first kappa shape index (κ1) is 18.2. The second kappa shape index (κ2) is 8.21. The fourth-order valence-corrected chi connectivity index (χ4v) is 4.03. The van der Waals surface area contributed by atoms with Gasteiger partial charge in [0, 0.05) is 19.5 Å². The molecule has 4 rings (SSSR count). The molecule has 1 amide bonds. The molecule has 2 aliphatic rings. The first-order chi connectivity index (χ1) is 13.2. The van der Waals surface area contributed by atoms with Crippen LogP contribution >= 0.6 is 0 Å². The van der Waals surface area contributed by atoms with E-state index in [2.05, 4.69) is 9.88 Å². The largest absolute Gasteiger partial charge is 0.445 e. The smallest absolute Gasteiger partial charge is 0.236 e. The summed E-state index contributed by atoms with van der Waals surface area (Å²) in [7, 11) is 0. The molecule has 6 heteroatoms. The maximum Gasteiger partial charge on any atom is 0.236 e. The molecule has 0 unspecified atom stereocenters. The maximum atomic E-state index is 13.0. The molecule has 144 valence electrons. The van der Waals surface area contributed by atoms with E-state index in [-0.39, 0.29) is 17.6 Å². The molecule has 0 radical (unpaired) electrons. The van der Waals surface area contributed by atoms with Crippen LogP contribution in [0.4, 0.5) is 4.39 Å². The van der Waals surface area contributed by atoms with Gasteiger partial charge >= 0.3 is 0 Å². The number of oxazole rings is 1.